The van der Waals surface area contributed by atoms with Gasteiger partial charge in [0.05, 0.1) is 11.4 Å². The summed E-state index contributed by atoms with van der Waals surface area (Å²) in [5.41, 5.74) is 1.66. The van der Waals surface area contributed by atoms with E-state index in [1.807, 2.05) is 20.8 Å². The molecule has 0 bridgehead atoms. The van der Waals surface area contributed by atoms with Crippen molar-refractivity contribution in [3.63, 3.8) is 0 Å². The van der Waals surface area contributed by atoms with Crippen molar-refractivity contribution in [2.45, 2.75) is 33.6 Å². The molecule has 94 valence electrons. The highest BCUT2D eigenvalue weighted by Crippen LogP contribution is 2.01. The fourth-order valence-electron chi connectivity index (χ4n) is 1.17. The van der Waals surface area contributed by atoms with Crippen LogP contribution in [0.25, 0.3) is 0 Å². The van der Waals surface area contributed by atoms with E-state index in [9.17, 15) is 4.79 Å². The molecule has 1 amide bonds. The molecule has 0 saturated heterocycles. The maximum atomic E-state index is 11.3. The van der Waals surface area contributed by atoms with Gasteiger partial charge in [-0.1, -0.05) is 6.92 Å². The maximum Gasteiger partial charge on any atom is 0.242 e. The highest BCUT2D eigenvalue weighted by Gasteiger charge is 2.03. The zero-order chi connectivity index (χ0) is 12.7. The monoisotopic (exact) mass is 237 g/mol. The molecule has 1 aromatic rings. The third-order valence-corrected chi connectivity index (χ3v) is 2.30. The molecule has 6 heteroatoms. The number of aryl methyl sites for hydroxylation is 2. The summed E-state index contributed by atoms with van der Waals surface area (Å²) in [6.07, 6.45) is 1.36. The van der Waals surface area contributed by atoms with E-state index in [1.54, 1.807) is 0 Å². The zero-order valence-corrected chi connectivity index (χ0v) is 10.6. The number of nitrogens with zero attached hydrogens (tertiary/aromatic N) is 3. The van der Waals surface area contributed by atoms with Crippen molar-refractivity contribution in [1.82, 2.24) is 20.5 Å². The first-order chi connectivity index (χ1) is 8.13. The van der Waals surface area contributed by atoms with Crippen LogP contribution in [0.15, 0.2) is 0 Å². The van der Waals surface area contributed by atoms with Gasteiger partial charge in [-0.3, -0.25) is 4.79 Å². The summed E-state index contributed by atoms with van der Waals surface area (Å²) in [6.45, 7) is 6.99. The van der Waals surface area contributed by atoms with Crippen LogP contribution in [0, 0.1) is 13.8 Å². The van der Waals surface area contributed by atoms with E-state index in [-0.39, 0.29) is 5.91 Å². The maximum absolute atomic E-state index is 11.3. The fraction of sp³-hybridized carbons (Fsp3) is 0.636. The minimum atomic E-state index is 0.0381. The van der Waals surface area contributed by atoms with Crippen molar-refractivity contribution in [2.75, 3.05) is 18.4 Å². The Labute approximate surface area is 101 Å². The number of anilines is 1. The topological polar surface area (TPSA) is 79.8 Å². The summed E-state index contributed by atoms with van der Waals surface area (Å²) >= 11 is 0. The highest BCUT2D eigenvalue weighted by molar-refractivity contribution is 5.76. The Bertz CT molecular complexity index is 380. The predicted molar refractivity (Wildman–Crippen MR) is 65.7 cm³/mol. The molecule has 6 nitrogen and oxygen atoms in total. The number of amides is 1. The molecular formula is C11H19N5O. The lowest BCUT2D eigenvalue weighted by molar-refractivity contribution is -0.120. The van der Waals surface area contributed by atoms with E-state index in [1.165, 1.54) is 0 Å². The molecule has 1 rings (SSSR count). The average Bonchev–Trinajstić information content (AvgIpc) is 2.31. The van der Waals surface area contributed by atoms with Gasteiger partial charge in [-0.15, -0.1) is 5.10 Å². The zero-order valence-electron chi connectivity index (χ0n) is 10.6. The molecule has 2 N–H and O–H groups in total. The van der Waals surface area contributed by atoms with Crippen LogP contribution in [-0.2, 0) is 4.79 Å². The van der Waals surface area contributed by atoms with Crippen molar-refractivity contribution in [2.24, 2.45) is 0 Å². The van der Waals surface area contributed by atoms with E-state index >= 15 is 0 Å². The van der Waals surface area contributed by atoms with E-state index in [2.05, 4.69) is 25.8 Å². The Balaban J connectivity index is 2.30. The van der Waals surface area contributed by atoms with E-state index in [0.29, 0.717) is 18.9 Å². The van der Waals surface area contributed by atoms with Gasteiger partial charge >= 0.3 is 0 Å². The first-order valence-corrected chi connectivity index (χ1v) is 5.82. The average molecular weight is 237 g/mol. The lowest BCUT2D eigenvalue weighted by Crippen LogP contribution is -2.26. The molecule has 0 unspecified atom stereocenters. The molecule has 0 radical (unpaired) electrons. The van der Waals surface area contributed by atoms with Gasteiger partial charge in [0.2, 0.25) is 11.9 Å². The van der Waals surface area contributed by atoms with Crippen molar-refractivity contribution >= 4 is 11.9 Å². The Morgan fingerprint density at radius 3 is 2.59 bits per heavy atom. The van der Waals surface area contributed by atoms with Crippen LogP contribution in [0.2, 0.25) is 0 Å². The van der Waals surface area contributed by atoms with Gasteiger partial charge < -0.3 is 10.6 Å². The van der Waals surface area contributed by atoms with Crippen LogP contribution >= 0.6 is 0 Å². The summed E-state index contributed by atoms with van der Waals surface area (Å²) in [4.78, 5) is 15.5. The van der Waals surface area contributed by atoms with Crippen LogP contribution < -0.4 is 10.6 Å². The number of carbonyl (C=O) groups excluding carboxylic acids is 1. The largest absolute Gasteiger partial charge is 0.356 e. The molecular weight excluding hydrogens is 218 g/mol. The van der Waals surface area contributed by atoms with Crippen LogP contribution in [0.1, 0.15) is 31.2 Å². The Morgan fingerprint density at radius 1 is 1.18 bits per heavy atom. The second-order valence-electron chi connectivity index (χ2n) is 3.83. The molecule has 0 atom stereocenters. The van der Waals surface area contributed by atoms with E-state index in [4.69, 9.17) is 0 Å². The standard InChI is InChI=1S/C11H19N5O/c1-4-6-12-10(17)5-7-13-11-14-8(2)9(3)15-16-11/h4-7H2,1-3H3,(H,12,17)(H,13,14,16). The van der Waals surface area contributed by atoms with Crippen molar-refractivity contribution < 1.29 is 4.79 Å². The van der Waals surface area contributed by atoms with E-state index < -0.39 is 0 Å². The van der Waals surface area contributed by atoms with Gasteiger partial charge in [-0.2, -0.15) is 5.10 Å². The summed E-state index contributed by atoms with van der Waals surface area (Å²) in [7, 11) is 0. The Hall–Kier alpha value is -1.72. The quantitative estimate of drug-likeness (QED) is 0.765. The van der Waals surface area contributed by atoms with Crippen LogP contribution in [0.4, 0.5) is 5.95 Å². The molecule has 0 aliphatic heterocycles. The first kappa shape index (κ1) is 13.3. The number of hydrogen-bond acceptors (Lipinski definition) is 5. The highest BCUT2D eigenvalue weighted by atomic mass is 16.1. The van der Waals surface area contributed by atoms with Crippen LogP contribution in [0.5, 0.6) is 0 Å². The second kappa shape index (κ2) is 6.78. The third-order valence-electron chi connectivity index (χ3n) is 2.30. The number of aromatic nitrogens is 3. The molecule has 1 heterocycles. The molecule has 0 aliphatic carbocycles. The van der Waals surface area contributed by atoms with Crippen LogP contribution in [0.3, 0.4) is 0 Å². The number of hydrogen-bond donors (Lipinski definition) is 2. The SMILES string of the molecule is CCCNC(=O)CCNc1nnc(C)c(C)n1. The summed E-state index contributed by atoms with van der Waals surface area (Å²) in [5.74, 6) is 0.507. The molecule has 17 heavy (non-hydrogen) atoms. The van der Waals surface area contributed by atoms with Gasteiger partial charge in [0.25, 0.3) is 0 Å². The normalized spacial score (nSPS) is 10.1. The molecule has 0 aromatic carbocycles. The number of nitrogens with one attached hydrogen (secondary N) is 2. The van der Waals surface area contributed by atoms with E-state index in [0.717, 1.165) is 24.4 Å². The van der Waals surface area contributed by atoms with Crippen molar-refractivity contribution in [3.8, 4) is 0 Å². The van der Waals surface area contributed by atoms with Crippen molar-refractivity contribution in [3.05, 3.63) is 11.4 Å². The lowest BCUT2D eigenvalue weighted by Gasteiger charge is -2.06. The lowest BCUT2D eigenvalue weighted by atomic mass is 10.3. The number of rotatable bonds is 6. The second-order valence-corrected chi connectivity index (χ2v) is 3.83. The molecule has 1 aromatic heterocycles. The van der Waals surface area contributed by atoms with Gasteiger partial charge in [-0.25, -0.2) is 4.98 Å². The van der Waals surface area contributed by atoms with Gasteiger partial charge in [0.15, 0.2) is 0 Å². The molecule has 0 fully saturated rings. The minimum Gasteiger partial charge on any atom is -0.356 e. The van der Waals surface area contributed by atoms with Crippen LogP contribution in [-0.4, -0.2) is 34.2 Å². The molecule has 0 saturated carbocycles. The molecule has 0 spiro atoms. The number of carbonyl (C=O) groups is 1. The summed E-state index contributed by atoms with van der Waals surface area (Å²) in [6, 6.07) is 0. The smallest absolute Gasteiger partial charge is 0.242 e. The Morgan fingerprint density at radius 2 is 1.94 bits per heavy atom. The van der Waals surface area contributed by atoms with Gasteiger partial charge in [-0.05, 0) is 20.3 Å². The summed E-state index contributed by atoms with van der Waals surface area (Å²) in [5, 5.41) is 13.6. The third kappa shape index (κ3) is 4.76. The molecule has 0 aliphatic rings. The van der Waals surface area contributed by atoms with Crippen molar-refractivity contribution in [1.29, 1.82) is 0 Å². The van der Waals surface area contributed by atoms with Gasteiger partial charge in [0, 0.05) is 19.5 Å². The fourth-order valence-corrected chi connectivity index (χ4v) is 1.17. The first-order valence-electron chi connectivity index (χ1n) is 5.82. The van der Waals surface area contributed by atoms with Gasteiger partial charge in [0.1, 0.15) is 0 Å². The summed E-state index contributed by atoms with van der Waals surface area (Å²) < 4.78 is 0. The predicted octanol–water partition coefficient (Wildman–Crippen LogP) is 0.817. The minimum absolute atomic E-state index is 0.0381. The Kier molecular flexibility index (Phi) is 5.32.